The summed E-state index contributed by atoms with van der Waals surface area (Å²) in [5.41, 5.74) is 0.541. The van der Waals surface area contributed by atoms with Crippen LogP contribution in [0.3, 0.4) is 0 Å². The SMILES string of the molecule is CCCCC1CC2C(CCCC3CCC4C3C4C(C)(C)C(C)C(C)C(C)CC)C12. The van der Waals surface area contributed by atoms with Crippen molar-refractivity contribution in [1.82, 2.24) is 0 Å². The molecule has 0 aromatic carbocycles. The summed E-state index contributed by atoms with van der Waals surface area (Å²) in [6, 6.07) is 0. The molecule has 0 aliphatic heterocycles. The van der Waals surface area contributed by atoms with E-state index in [0.29, 0.717) is 5.41 Å². The summed E-state index contributed by atoms with van der Waals surface area (Å²) in [6.45, 7) is 17.6. The number of fused-ring (bicyclic) bond motifs is 2. The summed E-state index contributed by atoms with van der Waals surface area (Å²) in [4.78, 5) is 0. The quantitative estimate of drug-likeness (QED) is 0.307. The first-order valence-corrected chi connectivity index (χ1v) is 13.8. The van der Waals surface area contributed by atoms with E-state index in [9.17, 15) is 0 Å². The molecule has 4 fully saturated rings. The molecule has 0 radical (unpaired) electrons. The van der Waals surface area contributed by atoms with E-state index in [1.807, 2.05) is 0 Å². The lowest BCUT2D eigenvalue weighted by Crippen LogP contribution is -2.33. The molecule has 0 saturated heterocycles. The minimum absolute atomic E-state index is 0.541. The van der Waals surface area contributed by atoms with Gasteiger partial charge >= 0.3 is 0 Å². The molecule has 4 rings (SSSR count). The summed E-state index contributed by atoms with van der Waals surface area (Å²) >= 11 is 0. The standard InChI is InChI=1S/C29H52/c1-8-10-12-22-17-25-23(26(22)25)14-11-13-21-15-16-24-27(21)28(24)29(6,7)20(5)19(4)18(3)9-2/h18-28H,8-17H2,1-7H3. The Morgan fingerprint density at radius 3 is 2.24 bits per heavy atom. The third-order valence-corrected chi connectivity index (χ3v) is 11.6. The maximum absolute atomic E-state index is 2.63. The van der Waals surface area contributed by atoms with Crippen molar-refractivity contribution in [3.05, 3.63) is 0 Å². The summed E-state index contributed by atoms with van der Waals surface area (Å²) in [6.07, 6.45) is 15.2. The number of hydrogen-bond acceptors (Lipinski definition) is 0. The van der Waals surface area contributed by atoms with Gasteiger partial charge in [-0.15, -0.1) is 0 Å². The fraction of sp³-hybridized carbons (Fsp3) is 1.00. The molecular formula is C29H52. The zero-order valence-corrected chi connectivity index (χ0v) is 20.9. The zero-order valence-electron chi connectivity index (χ0n) is 20.9. The monoisotopic (exact) mass is 400 g/mol. The van der Waals surface area contributed by atoms with Gasteiger partial charge in [0.05, 0.1) is 0 Å². The fourth-order valence-electron chi connectivity index (χ4n) is 8.86. The molecule has 0 amide bonds. The summed E-state index contributed by atoms with van der Waals surface area (Å²) in [5, 5.41) is 0. The van der Waals surface area contributed by atoms with E-state index in [4.69, 9.17) is 0 Å². The largest absolute Gasteiger partial charge is 0.0654 e. The molecule has 0 bridgehead atoms. The van der Waals surface area contributed by atoms with Crippen LogP contribution in [0.15, 0.2) is 0 Å². The number of rotatable bonds is 12. The Hall–Kier alpha value is 0. The Bertz CT molecular complexity index is 546. The highest BCUT2D eigenvalue weighted by molar-refractivity contribution is 5.12. The van der Waals surface area contributed by atoms with E-state index < -0.39 is 0 Å². The van der Waals surface area contributed by atoms with Crippen LogP contribution >= 0.6 is 0 Å². The Kier molecular flexibility index (Phi) is 6.51. The molecule has 11 atom stereocenters. The third kappa shape index (κ3) is 3.98. The minimum Gasteiger partial charge on any atom is -0.0654 e. The molecule has 0 nitrogen and oxygen atoms in total. The minimum atomic E-state index is 0.541. The van der Waals surface area contributed by atoms with Crippen LogP contribution in [0.2, 0.25) is 0 Å². The Morgan fingerprint density at radius 2 is 1.55 bits per heavy atom. The van der Waals surface area contributed by atoms with Crippen LogP contribution in [0, 0.1) is 70.5 Å². The van der Waals surface area contributed by atoms with Crippen molar-refractivity contribution in [2.24, 2.45) is 70.5 Å². The average molecular weight is 401 g/mol. The topological polar surface area (TPSA) is 0 Å². The predicted octanol–water partition coefficient (Wildman–Crippen LogP) is 8.85. The van der Waals surface area contributed by atoms with Crippen LogP contribution in [-0.4, -0.2) is 0 Å². The van der Waals surface area contributed by atoms with Crippen molar-refractivity contribution in [2.45, 2.75) is 113 Å². The third-order valence-electron chi connectivity index (χ3n) is 11.6. The van der Waals surface area contributed by atoms with Gasteiger partial charge in [-0.3, -0.25) is 0 Å². The molecular weight excluding hydrogens is 348 g/mol. The molecule has 4 aliphatic rings. The first kappa shape index (κ1) is 22.2. The van der Waals surface area contributed by atoms with Gasteiger partial charge in [0.25, 0.3) is 0 Å². The molecule has 4 saturated carbocycles. The van der Waals surface area contributed by atoms with Gasteiger partial charge in [0.1, 0.15) is 0 Å². The van der Waals surface area contributed by atoms with Gasteiger partial charge < -0.3 is 0 Å². The lowest BCUT2D eigenvalue weighted by atomic mass is 9.65. The van der Waals surface area contributed by atoms with Gasteiger partial charge in [-0.1, -0.05) is 87.0 Å². The second-order valence-electron chi connectivity index (χ2n) is 12.9. The second kappa shape index (κ2) is 8.50. The molecule has 0 heterocycles. The molecule has 29 heavy (non-hydrogen) atoms. The maximum Gasteiger partial charge on any atom is -0.0292 e. The first-order chi connectivity index (χ1) is 13.8. The van der Waals surface area contributed by atoms with Crippen LogP contribution in [0.1, 0.15) is 113 Å². The Labute approximate surface area is 183 Å². The van der Waals surface area contributed by atoms with Crippen LogP contribution in [-0.2, 0) is 0 Å². The van der Waals surface area contributed by atoms with Crippen molar-refractivity contribution in [3.63, 3.8) is 0 Å². The lowest BCUT2D eigenvalue weighted by Gasteiger charge is -2.40. The van der Waals surface area contributed by atoms with E-state index in [0.717, 1.165) is 53.3 Å². The molecule has 0 spiro atoms. The lowest BCUT2D eigenvalue weighted by molar-refractivity contribution is 0.0842. The number of hydrogen-bond donors (Lipinski definition) is 0. The zero-order chi connectivity index (χ0) is 20.9. The highest BCUT2D eigenvalue weighted by Crippen LogP contribution is 2.70. The summed E-state index contributed by atoms with van der Waals surface area (Å²) < 4.78 is 0. The molecule has 4 aliphatic carbocycles. The van der Waals surface area contributed by atoms with Crippen LogP contribution in [0.5, 0.6) is 0 Å². The van der Waals surface area contributed by atoms with Gasteiger partial charge in [-0.25, -0.2) is 0 Å². The van der Waals surface area contributed by atoms with Crippen LogP contribution in [0.25, 0.3) is 0 Å². The van der Waals surface area contributed by atoms with Crippen molar-refractivity contribution in [2.75, 3.05) is 0 Å². The molecule has 11 unspecified atom stereocenters. The van der Waals surface area contributed by atoms with Crippen molar-refractivity contribution in [1.29, 1.82) is 0 Å². The summed E-state index contributed by atoms with van der Waals surface area (Å²) in [7, 11) is 0. The molecule has 0 N–H and O–H groups in total. The van der Waals surface area contributed by atoms with Crippen LogP contribution in [0.4, 0.5) is 0 Å². The van der Waals surface area contributed by atoms with Gasteiger partial charge in [0.15, 0.2) is 0 Å². The van der Waals surface area contributed by atoms with Gasteiger partial charge in [-0.05, 0) is 96.2 Å². The maximum atomic E-state index is 2.63. The number of unbranched alkanes of at least 4 members (excludes halogenated alkanes) is 1. The fourth-order valence-corrected chi connectivity index (χ4v) is 8.86. The van der Waals surface area contributed by atoms with Crippen molar-refractivity contribution in [3.8, 4) is 0 Å². The van der Waals surface area contributed by atoms with E-state index in [1.165, 1.54) is 31.1 Å². The highest BCUT2D eigenvalue weighted by Gasteiger charge is 2.64. The van der Waals surface area contributed by atoms with E-state index in [2.05, 4.69) is 48.5 Å². The van der Waals surface area contributed by atoms with Crippen molar-refractivity contribution < 1.29 is 0 Å². The smallest absolute Gasteiger partial charge is 0.0292 e. The molecule has 0 aromatic heterocycles. The first-order valence-electron chi connectivity index (χ1n) is 13.8. The van der Waals surface area contributed by atoms with E-state index in [-0.39, 0.29) is 0 Å². The predicted molar refractivity (Wildman–Crippen MR) is 127 cm³/mol. The van der Waals surface area contributed by atoms with Gasteiger partial charge in [-0.2, -0.15) is 0 Å². The van der Waals surface area contributed by atoms with Crippen molar-refractivity contribution >= 4 is 0 Å². The second-order valence-corrected chi connectivity index (χ2v) is 12.9. The summed E-state index contributed by atoms with van der Waals surface area (Å²) in [5.74, 6) is 11.6. The molecule has 168 valence electrons. The van der Waals surface area contributed by atoms with E-state index in [1.54, 1.807) is 44.9 Å². The molecule has 0 heteroatoms. The van der Waals surface area contributed by atoms with Gasteiger partial charge in [0, 0.05) is 0 Å². The Morgan fingerprint density at radius 1 is 0.828 bits per heavy atom. The normalized spacial score (nSPS) is 43.1. The highest BCUT2D eigenvalue weighted by atomic mass is 14.7. The molecule has 0 aromatic rings. The van der Waals surface area contributed by atoms with Crippen LogP contribution < -0.4 is 0 Å². The Balaban J connectivity index is 1.21. The average Bonchev–Trinajstić information content (AvgIpc) is 3.50. The van der Waals surface area contributed by atoms with E-state index >= 15 is 0 Å². The van der Waals surface area contributed by atoms with Gasteiger partial charge in [0.2, 0.25) is 0 Å².